The average molecular weight is 664 g/mol. The number of hydrogen-bond acceptors (Lipinski definition) is 8. The molecule has 0 radical (unpaired) electrons. The highest BCUT2D eigenvalue weighted by Crippen LogP contribution is 2.33. The number of fused-ring (bicyclic) bond motifs is 1. The first-order valence-electron chi connectivity index (χ1n) is 16.0. The summed E-state index contributed by atoms with van der Waals surface area (Å²) >= 11 is 0. The van der Waals surface area contributed by atoms with Crippen LogP contribution in [-0.4, -0.2) is 93.0 Å². The minimum atomic E-state index is -1.15. The van der Waals surface area contributed by atoms with Crippen molar-refractivity contribution in [3.63, 3.8) is 0 Å². The van der Waals surface area contributed by atoms with Crippen molar-refractivity contribution in [1.82, 2.24) is 20.2 Å². The largest absolute Gasteiger partial charge is 0.444 e. The number of ether oxygens (including phenoxy) is 2. The van der Waals surface area contributed by atoms with Crippen LogP contribution in [0.4, 0.5) is 15.3 Å². The Hall–Kier alpha value is -4.94. The van der Waals surface area contributed by atoms with Crippen molar-refractivity contribution in [3.8, 4) is 0 Å². The summed E-state index contributed by atoms with van der Waals surface area (Å²) in [6, 6.07) is 11.4. The summed E-state index contributed by atoms with van der Waals surface area (Å²) in [5.74, 6) is -2.13. The van der Waals surface area contributed by atoms with Gasteiger partial charge in [0.1, 0.15) is 23.3 Å². The number of carbonyl (C=O) groups excluding carboxylic acids is 6. The smallest absolute Gasteiger partial charge is 0.429 e. The Bertz CT molecular complexity index is 1550. The van der Waals surface area contributed by atoms with Crippen LogP contribution in [0.3, 0.4) is 0 Å². The summed E-state index contributed by atoms with van der Waals surface area (Å²) in [6.07, 6.45) is -1.31. The predicted octanol–water partition coefficient (Wildman–Crippen LogP) is 4.63. The third-order valence-corrected chi connectivity index (χ3v) is 7.52. The summed E-state index contributed by atoms with van der Waals surface area (Å²) in [5.41, 5.74) is -0.609. The van der Waals surface area contributed by atoms with Crippen LogP contribution in [0.5, 0.6) is 0 Å². The molecule has 0 bridgehead atoms. The maximum Gasteiger partial charge on any atom is 0.429 e. The summed E-state index contributed by atoms with van der Waals surface area (Å²) in [7, 11) is 0. The first-order chi connectivity index (χ1) is 22.3. The van der Waals surface area contributed by atoms with Crippen LogP contribution in [0, 0.1) is 5.92 Å². The highest BCUT2D eigenvalue weighted by molar-refractivity contribution is 6.04. The molecule has 48 heavy (non-hydrogen) atoms. The van der Waals surface area contributed by atoms with Gasteiger partial charge in [0.25, 0.3) is 17.7 Å². The van der Waals surface area contributed by atoms with Crippen LogP contribution in [0.1, 0.15) is 82.5 Å². The maximum absolute atomic E-state index is 14.4. The Kier molecular flexibility index (Phi) is 10.5. The van der Waals surface area contributed by atoms with E-state index in [-0.39, 0.29) is 31.0 Å². The van der Waals surface area contributed by atoms with E-state index in [4.69, 9.17) is 9.47 Å². The zero-order chi connectivity index (χ0) is 35.6. The number of rotatable bonds is 7. The first kappa shape index (κ1) is 35.9. The van der Waals surface area contributed by atoms with E-state index in [1.54, 1.807) is 71.9 Å². The Labute approximate surface area is 280 Å². The summed E-state index contributed by atoms with van der Waals surface area (Å²) in [6.45, 7) is 13.6. The second-order valence-corrected chi connectivity index (χ2v) is 14.4. The van der Waals surface area contributed by atoms with Crippen molar-refractivity contribution < 1.29 is 38.2 Å². The van der Waals surface area contributed by atoms with Crippen molar-refractivity contribution in [2.45, 2.75) is 91.1 Å². The average Bonchev–Trinajstić information content (AvgIpc) is 3.52. The van der Waals surface area contributed by atoms with Gasteiger partial charge in [0.05, 0.1) is 19.1 Å². The lowest BCUT2D eigenvalue weighted by molar-refractivity contribution is -0.152. The van der Waals surface area contributed by atoms with Gasteiger partial charge in [-0.2, -0.15) is 0 Å². The molecule has 0 spiro atoms. The van der Waals surface area contributed by atoms with E-state index in [1.807, 2.05) is 13.8 Å². The van der Waals surface area contributed by atoms with E-state index in [9.17, 15) is 28.8 Å². The maximum atomic E-state index is 14.4. The molecule has 2 heterocycles. The molecule has 2 fully saturated rings. The lowest BCUT2D eigenvalue weighted by Crippen LogP contribution is -2.58. The number of benzene rings is 2. The molecule has 5 amide bonds. The molecule has 2 aromatic carbocycles. The third kappa shape index (κ3) is 8.69. The van der Waals surface area contributed by atoms with Crippen LogP contribution >= 0.6 is 0 Å². The van der Waals surface area contributed by atoms with E-state index in [0.717, 1.165) is 10.0 Å². The molecule has 0 saturated carbocycles. The number of carbonyl (C=O) groups is 6. The molecule has 2 N–H and O–H groups in total. The van der Waals surface area contributed by atoms with Crippen molar-refractivity contribution in [1.29, 1.82) is 0 Å². The van der Waals surface area contributed by atoms with Crippen molar-refractivity contribution in [2.75, 3.05) is 18.4 Å². The number of Topliss-reactive ketones (excluding diaryl/α,β-unsaturated/α-hetero) is 1. The molecule has 1 unspecified atom stereocenters. The molecule has 0 aliphatic carbocycles. The number of likely N-dealkylation sites (tertiary alicyclic amines) is 1. The molecule has 4 rings (SSSR count). The molecular weight excluding hydrogens is 618 g/mol. The number of anilines is 1. The Morgan fingerprint density at radius 2 is 1.46 bits per heavy atom. The van der Waals surface area contributed by atoms with E-state index >= 15 is 0 Å². The van der Waals surface area contributed by atoms with Crippen LogP contribution in [-0.2, 0) is 19.1 Å². The normalized spacial score (nSPS) is 18.4. The predicted molar refractivity (Wildman–Crippen MR) is 177 cm³/mol. The lowest BCUT2D eigenvalue weighted by atomic mass is 10.0. The van der Waals surface area contributed by atoms with Gasteiger partial charge in [-0.3, -0.25) is 24.5 Å². The molecule has 2 aliphatic heterocycles. The molecule has 2 saturated heterocycles. The number of hydrazine groups is 1. The van der Waals surface area contributed by atoms with Gasteiger partial charge in [-0.1, -0.05) is 32.0 Å². The second-order valence-electron chi connectivity index (χ2n) is 14.4. The second kappa shape index (κ2) is 14.0. The lowest BCUT2D eigenvalue weighted by Gasteiger charge is -2.35. The van der Waals surface area contributed by atoms with Crippen LogP contribution < -0.4 is 10.6 Å². The third-order valence-electron chi connectivity index (χ3n) is 7.52. The van der Waals surface area contributed by atoms with Gasteiger partial charge >= 0.3 is 12.2 Å². The summed E-state index contributed by atoms with van der Waals surface area (Å²) < 4.78 is 10.9. The molecular formula is C35H45N5O8. The molecule has 13 nitrogen and oxygen atoms in total. The van der Waals surface area contributed by atoms with Crippen molar-refractivity contribution in [3.05, 3.63) is 65.7 Å². The van der Waals surface area contributed by atoms with E-state index in [2.05, 4.69) is 10.6 Å². The van der Waals surface area contributed by atoms with Gasteiger partial charge in [-0.05, 0) is 90.3 Å². The van der Waals surface area contributed by atoms with Crippen molar-refractivity contribution in [2.24, 2.45) is 5.92 Å². The Balaban J connectivity index is 1.60. The molecule has 0 aromatic heterocycles. The highest BCUT2D eigenvalue weighted by Gasteiger charge is 2.58. The number of nitrogens with one attached hydrogen (secondary N) is 2. The first-order valence-corrected chi connectivity index (χ1v) is 16.0. The minimum absolute atomic E-state index is 0.0662. The SMILES string of the molecule is CC(C)C[C@H](NC(=O)c1ccc(NC(=O)OC(C)(C)C)cc1)C(=O)N1[C@@H]2C(=O)CN(C(=O)c3ccccc3)C2CN1C(=O)OC(C)(C)C. The molecule has 2 aliphatic rings. The monoisotopic (exact) mass is 663 g/mol. The van der Waals surface area contributed by atoms with Gasteiger partial charge < -0.3 is 19.7 Å². The highest BCUT2D eigenvalue weighted by atomic mass is 16.6. The van der Waals surface area contributed by atoms with Gasteiger partial charge in [-0.15, -0.1) is 0 Å². The van der Waals surface area contributed by atoms with Crippen LogP contribution in [0.2, 0.25) is 0 Å². The minimum Gasteiger partial charge on any atom is -0.444 e. The number of amides is 5. The van der Waals surface area contributed by atoms with E-state index in [1.165, 1.54) is 29.2 Å². The molecule has 13 heteroatoms. The topological polar surface area (TPSA) is 155 Å². The van der Waals surface area contributed by atoms with Crippen LogP contribution in [0.25, 0.3) is 0 Å². The molecule has 3 atom stereocenters. The van der Waals surface area contributed by atoms with Gasteiger partial charge in [0.15, 0.2) is 5.78 Å². The molecule has 2 aromatic rings. The standard InChI is InChI=1S/C35H45N5O8/c1-21(2)18-25(37-29(42)22-14-16-24(17-15-22)36-32(45)47-34(3,4)5)31(44)40-28-26(19-39(40)33(46)48-35(6,7)8)38(20-27(28)41)30(43)23-12-10-9-11-13-23/h9-17,21,25-26,28H,18-20H2,1-8H3,(H,36,45)(H,37,42)/t25-,26?,28-/m0/s1. The Morgan fingerprint density at radius 1 is 0.854 bits per heavy atom. The fourth-order valence-corrected chi connectivity index (χ4v) is 5.60. The fraction of sp³-hybridized carbons (Fsp3) is 0.486. The fourth-order valence-electron chi connectivity index (χ4n) is 5.60. The zero-order valence-electron chi connectivity index (χ0n) is 28.7. The summed E-state index contributed by atoms with van der Waals surface area (Å²) in [5, 5.41) is 7.53. The number of ketones is 1. The molecule has 258 valence electrons. The quantitative estimate of drug-likeness (QED) is 0.435. The number of hydrogen-bond donors (Lipinski definition) is 2. The van der Waals surface area contributed by atoms with Gasteiger partial charge in [0.2, 0.25) is 0 Å². The Morgan fingerprint density at radius 3 is 2.02 bits per heavy atom. The van der Waals surface area contributed by atoms with Crippen LogP contribution in [0.15, 0.2) is 54.6 Å². The zero-order valence-corrected chi connectivity index (χ0v) is 28.7. The van der Waals surface area contributed by atoms with Gasteiger partial charge in [-0.25, -0.2) is 19.6 Å². The number of nitrogens with zero attached hydrogens (tertiary/aromatic N) is 3. The summed E-state index contributed by atoms with van der Waals surface area (Å²) in [4.78, 5) is 81.9. The van der Waals surface area contributed by atoms with E-state index < -0.39 is 65.0 Å². The van der Waals surface area contributed by atoms with E-state index in [0.29, 0.717) is 11.3 Å². The van der Waals surface area contributed by atoms with Gasteiger partial charge in [0, 0.05) is 16.8 Å². The van der Waals surface area contributed by atoms with Crippen molar-refractivity contribution >= 4 is 41.4 Å².